The molecule has 0 aromatic heterocycles. The highest BCUT2D eigenvalue weighted by Crippen LogP contribution is 2.40. The summed E-state index contributed by atoms with van der Waals surface area (Å²) in [6.45, 7) is 9.19. The Morgan fingerprint density at radius 3 is 1.25 bits per heavy atom. The van der Waals surface area contributed by atoms with Gasteiger partial charge in [0.15, 0.2) is 0 Å². The molecule has 0 spiro atoms. The maximum absolute atomic E-state index is 7.13. The monoisotopic (exact) mass is 149 g/mol. The molecule has 0 aliphatic rings. The molecule has 0 heterocycles. The van der Waals surface area contributed by atoms with Gasteiger partial charge >= 0.3 is 0 Å². The number of hydrogen-bond donors (Lipinski definition) is 0. The van der Waals surface area contributed by atoms with Gasteiger partial charge in [0.25, 0.3) is 0 Å². The van der Waals surface area contributed by atoms with Crippen molar-refractivity contribution in [2.45, 2.75) is 0 Å². The molecule has 8 heavy (non-hydrogen) atoms. The molecule has 0 saturated heterocycles. The van der Waals surface area contributed by atoms with Gasteiger partial charge < -0.3 is 5.41 Å². The van der Waals surface area contributed by atoms with E-state index in [1.165, 1.54) is 5.16 Å². The summed E-state index contributed by atoms with van der Waals surface area (Å²) in [6.07, 6.45) is 0. The van der Waals surface area contributed by atoms with E-state index in [-0.39, 0.29) is 7.26 Å². The van der Waals surface area contributed by atoms with Gasteiger partial charge in [0.2, 0.25) is 0 Å². The first-order valence-corrected chi connectivity index (χ1v) is 6.20. The Bertz CT molecular complexity index is 72.9. The van der Waals surface area contributed by atoms with E-state index in [1.54, 1.807) is 0 Å². The molecule has 0 aromatic carbocycles. The molecule has 0 N–H and O–H groups in total. The number of thiocarbonyl (C=S) groups is 1. The van der Waals surface area contributed by atoms with Crippen LogP contribution in [0.25, 0.3) is 5.41 Å². The Kier molecular flexibility index (Phi) is 7.44. The quantitative estimate of drug-likeness (QED) is 0.294. The fraction of sp³-hybridized carbons (Fsp3) is 0.800. The summed E-state index contributed by atoms with van der Waals surface area (Å²) in [4.78, 5) is 0. The third-order valence-corrected chi connectivity index (χ3v) is 0. The summed E-state index contributed by atoms with van der Waals surface area (Å²) in [6, 6.07) is 0. The van der Waals surface area contributed by atoms with E-state index in [0.29, 0.717) is 0 Å². The Balaban J connectivity index is 0. The molecule has 3 heteroatoms. The van der Waals surface area contributed by atoms with E-state index in [2.05, 4.69) is 38.9 Å². The Morgan fingerprint density at radius 2 is 1.25 bits per heavy atom. The molecule has 0 aromatic rings. The highest BCUT2D eigenvalue weighted by atomic mass is 32.1. The van der Waals surface area contributed by atoms with Crippen LogP contribution in [0.15, 0.2) is 0 Å². The standard InChI is InChI=1S/C4H12P.CNS/c1-5(2,3)4;2-1-3/h1-4H3;/q+1;-1. The topological polar surface area (TPSA) is 22.3 Å². The van der Waals surface area contributed by atoms with E-state index in [4.69, 9.17) is 5.41 Å². The second kappa shape index (κ2) is 5.37. The van der Waals surface area contributed by atoms with Gasteiger partial charge in [0.1, 0.15) is 0 Å². The van der Waals surface area contributed by atoms with Gasteiger partial charge in [-0.1, -0.05) is 12.2 Å². The number of nitrogens with zero attached hydrogens (tertiary/aromatic N) is 1. The minimum absolute atomic E-state index is 0.389. The van der Waals surface area contributed by atoms with Crippen LogP contribution in [0.2, 0.25) is 0 Å². The van der Waals surface area contributed by atoms with Gasteiger partial charge in [-0.05, 0) is 0 Å². The van der Waals surface area contributed by atoms with Crippen molar-refractivity contribution >= 4 is 24.6 Å². The van der Waals surface area contributed by atoms with Crippen molar-refractivity contribution in [3.05, 3.63) is 5.41 Å². The van der Waals surface area contributed by atoms with Crippen LogP contribution in [0, 0.1) is 0 Å². The van der Waals surface area contributed by atoms with Crippen LogP contribution in [0.1, 0.15) is 0 Å². The van der Waals surface area contributed by atoms with E-state index in [0.717, 1.165) is 0 Å². The van der Waals surface area contributed by atoms with Gasteiger partial charge in [0.05, 0.1) is 0 Å². The van der Waals surface area contributed by atoms with E-state index in [1.807, 2.05) is 0 Å². The second-order valence-corrected chi connectivity index (χ2v) is 8.32. The van der Waals surface area contributed by atoms with Crippen LogP contribution in [0.4, 0.5) is 0 Å². The SMILES string of the molecule is C[P+](C)(C)C.[N-]=C=S. The lowest BCUT2D eigenvalue weighted by Gasteiger charge is -1.97. The third kappa shape index (κ3) is 3220. The Hall–Kier alpha value is 0.230. The first kappa shape index (κ1) is 11.1. The zero-order valence-corrected chi connectivity index (χ0v) is 7.51. The normalized spacial score (nSPS) is 8.50. The molecule has 0 aliphatic carbocycles. The number of rotatable bonds is 0. The lowest BCUT2D eigenvalue weighted by atomic mass is 11.8. The van der Waals surface area contributed by atoms with Crippen LogP contribution in [-0.4, -0.2) is 31.8 Å². The number of isothiocyanates is 1. The number of hydrogen-bond acceptors (Lipinski definition) is 1. The second-order valence-electron chi connectivity index (χ2n) is 2.77. The largest absolute Gasteiger partial charge is 0.753 e. The molecule has 0 radical (unpaired) electrons. The van der Waals surface area contributed by atoms with E-state index >= 15 is 0 Å². The zero-order chi connectivity index (χ0) is 7.21. The molecule has 0 aliphatic heterocycles. The van der Waals surface area contributed by atoms with Gasteiger partial charge in [-0.2, -0.15) is 5.16 Å². The van der Waals surface area contributed by atoms with Crippen molar-refractivity contribution in [3.63, 3.8) is 0 Å². The fourth-order valence-corrected chi connectivity index (χ4v) is 0. The average Bonchev–Trinajstić information content (AvgIpc) is 1.27. The maximum Gasteiger partial charge on any atom is 0.0481 e. The molecule has 0 atom stereocenters. The molecule has 0 saturated carbocycles. The smallest absolute Gasteiger partial charge is 0.0481 e. The van der Waals surface area contributed by atoms with Crippen LogP contribution in [0.3, 0.4) is 0 Å². The Labute approximate surface area is 57.3 Å². The highest BCUT2D eigenvalue weighted by molar-refractivity contribution is 7.78. The van der Waals surface area contributed by atoms with Crippen molar-refractivity contribution in [2.75, 3.05) is 26.7 Å². The van der Waals surface area contributed by atoms with Gasteiger partial charge in [-0.3, -0.25) is 0 Å². The summed E-state index contributed by atoms with van der Waals surface area (Å²) >= 11 is 3.70. The Morgan fingerprint density at radius 1 is 1.25 bits per heavy atom. The summed E-state index contributed by atoms with van der Waals surface area (Å²) in [7, 11) is -0.389. The summed E-state index contributed by atoms with van der Waals surface area (Å²) in [5.41, 5.74) is 0. The molecule has 48 valence electrons. The summed E-state index contributed by atoms with van der Waals surface area (Å²) in [5, 5.41) is 8.47. The van der Waals surface area contributed by atoms with Crippen LogP contribution >= 0.6 is 19.5 Å². The molecule has 0 amide bonds. The molecular weight excluding hydrogens is 137 g/mol. The average molecular weight is 149 g/mol. The molecule has 1 nitrogen and oxygen atoms in total. The van der Waals surface area contributed by atoms with Crippen molar-refractivity contribution in [1.82, 2.24) is 0 Å². The summed E-state index contributed by atoms with van der Waals surface area (Å²) < 4.78 is 0. The van der Waals surface area contributed by atoms with E-state index < -0.39 is 0 Å². The summed E-state index contributed by atoms with van der Waals surface area (Å²) in [5.74, 6) is 0. The molecular formula is C5H12NPS. The minimum atomic E-state index is -0.389. The molecule has 0 rings (SSSR count). The first-order valence-electron chi connectivity index (χ1n) is 2.22. The van der Waals surface area contributed by atoms with Gasteiger partial charge in [-0.15, -0.1) is 0 Å². The van der Waals surface area contributed by atoms with Crippen LogP contribution < -0.4 is 0 Å². The fourth-order valence-electron chi connectivity index (χ4n) is 0. The maximum atomic E-state index is 7.13. The lowest BCUT2D eigenvalue weighted by Crippen LogP contribution is -1.74. The zero-order valence-electron chi connectivity index (χ0n) is 5.80. The van der Waals surface area contributed by atoms with Gasteiger partial charge in [-0.25, -0.2) is 0 Å². The van der Waals surface area contributed by atoms with Crippen molar-refractivity contribution in [2.24, 2.45) is 0 Å². The third-order valence-electron chi connectivity index (χ3n) is 0. The predicted molar refractivity (Wildman–Crippen MR) is 46.6 cm³/mol. The van der Waals surface area contributed by atoms with E-state index in [9.17, 15) is 0 Å². The van der Waals surface area contributed by atoms with Crippen molar-refractivity contribution in [1.29, 1.82) is 0 Å². The lowest BCUT2D eigenvalue weighted by molar-refractivity contribution is 1.95. The minimum Gasteiger partial charge on any atom is -0.753 e. The van der Waals surface area contributed by atoms with Gasteiger partial charge in [0, 0.05) is 33.9 Å². The predicted octanol–water partition coefficient (Wildman–Crippen LogP) is 2.18. The first-order chi connectivity index (χ1) is 3.41. The van der Waals surface area contributed by atoms with Crippen molar-refractivity contribution < 1.29 is 0 Å². The molecule has 0 bridgehead atoms. The van der Waals surface area contributed by atoms with Crippen LogP contribution in [-0.2, 0) is 0 Å². The van der Waals surface area contributed by atoms with Crippen molar-refractivity contribution in [3.8, 4) is 0 Å². The highest BCUT2D eigenvalue weighted by Gasteiger charge is 2.03. The van der Waals surface area contributed by atoms with Crippen LogP contribution in [0.5, 0.6) is 0 Å². The molecule has 0 fully saturated rings. The molecule has 0 unspecified atom stereocenters.